The molecule has 1 atom stereocenters. The van der Waals surface area contributed by atoms with Crippen LogP contribution in [0.4, 0.5) is 4.39 Å². The van der Waals surface area contributed by atoms with Crippen molar-refractivity contribution in [3.8, 4) is 0 Å². The van der Waals surface area contributed by atoms with Gasteiger partial charge in [-0.25, -0.2) is 4.39 Å². The molecule has 1 aromatic carbocycles. The fourth-order valence-electron chi connectivity index (χ4n) is 1.92. The molecule has 1 aromatic rings. The number of rotatable bonds is 4. The lowest BCUT2D eigenvalue weighted by molar-refractivity contribution is -0.135. The van der Waals surface area contributed by atoms with E-state index in [4.69, 9.17) is 0 Å². The predicted molar refractivity (Wildman–Crippen MR) is 67.3 cm³/mol. The second-order valence-corrected chi connectivity index (χ2v) is 4.50. The van der Waals surface area contributed by atoms with E-state index in [1.54, 1.807) is 18.2 Å². The topological polar surface area (TPSA) is 78.5 Å². The van der Waals surface area contributed by atoms with Gasteiger partial charge in [-0.1, -0.05) is 18.2 Å². The van der Waals surface area contributed by atoms with Crippen molar-refractivity contribution in [2.45, 2.75) is 13.0 Å². The smallest absolute Gasteiger partial charge is 0.253 e. The molecule has 1 aliphatic rings. The summed E-state index contributed by atoms with van der Waals surface area (Å²) in [7, 11) is 1.41. The first-order valence-corrected chi connectivity index (χ1v) is 6.07. The van der Waals surface area contributed by atoms with Gasteiger partial charge in [0.1, 0.15) is 11.7 Å². The molecule has 7 heteroatoms. The number of carbonyl (C=O) groups excluding carboxylic acids is 3. The number of hydrogen-bond donors (Lipinski definition) is 2. The van der Waals surface area contributed by atoms with Gasteiger partial charge in [-0.15, -0.1) is 0 Å². The molecule has 1 unspecified atom stereocenters. The summed E-state index contributed by atoms with van der Waals surface area (Å²) in [6.07, 6.45) is -0.247. The van der Waals surface area contributed by atoms with Crippen LogP contribution in [-0.4, -0.2) is 29.8 Å². The van der Waals surface area contributed by atoms with Crippen LogP contribution < -0.4 is 10.7 Å². The van der Waals surface area contributed by atoms with E-state index >= 15 is 0 Å². The van der Waals surface area contributed by atoms with E-state index in [1.165, 1.54) is 13.1 Å². The highest BCUT2D eigenvalue weighted by Gasteiger charge is 2.38. The van der Waals surface area contributed by atoms with Crippen LogP contribution >= 0.6 is 0 Å². The van der Waals surface area contributed by atoms with Gasteiger partial charge in [0.2, 0.25) is 5.91 Å². The average Bonchev–Trinajstić information content (AvgIpc) is 2.64. The third-order valence-electron chi connectivity index (χ3n) is 3.05. The van der Waals surface area contributed by atoms with Crippen LogP contribution in [0.1, 0.15) is 12.0 Å². The molecule has 1 fully saturated rings. The summed E-state index contributed by atoms with van der Waals surface area (Å²) >= 11 is 0. The minimum absolute atomic E-state index is 0.0177. The van der Waals surface area contributed by atoms with Crippen molar-refractivity contribution in [3.05, 3.63) is 35.6 Å². The summed E-state index contributed by atoms with van der Waals surface area (Å²) in [6.45, 7) is 0.0177. The Morgan fingerprint density at radius 2 is 2.10 bits per heavy atom. The minimum Gasteiger partial charge on any atom is -0.352 e. The maximum atomic E-state index is 13.3. The van der Waals surface area contributed by atoms with Crippen LogP contribution in [0, 0.1) is 11.7 Å². The number of hydrazine groups is 1. The van der Waals surface area contributed by atoms with Gasteiger partial charge >= 0.3 is 0 Å². The number of nitrogens with one attached hydrogen (secondary N) is 2. The number of hydrogen-bond acceptors (Lipinski definition) is 3. The number of carbonyl (C=O) groups is 3. The molecule has 0 aromatic heterocycles. The SMILES string of the molecule is CN1NC(=O)C(CC(=O)NCc2ccccc2F)C1=O. The van der Waals surface area contributed by atoms with E-state index in [2.05, 4.69) is 10.7 Å². The van der Waals surface area contributed by atoms with Crippen molar-refractivity contribution in [3.63, 3.8) is 0 Å². The first-order chi connectivity index (χ1) is 9.49. The highest BCUT2D eigenvalue weighted by molar-refractivity contribution is 6.07. The Labute approximate surface area is 114 Å². The number of amides is 3. The molecule has 2 rings (SSSR count). The van der Waals surface area contributed by atoms with Crippen molar-refractivity contribution in [1.29, 1.82) is 0 Å². The molecule has 0 aliphatic carbocycles. The molecule has 0 saturated carbocycles. The number of nitrogens with zero attached hydrogens (tertiary/aromatic N) is 1. The van der Waals surface area contributed by atoms with Crippen molar-refractivity contribution >= 4 is 17.7 Å². The van der Waals surface area contributed by atoms with Gasteiger partial charge in [-0.05, 0) is 6.07 Å². The Balaban J connectivity index is 1.89. The van der Waals surface area contributed by atoms with Gasteiger partial charge in [-0.3, -0.25) is 24.8 Å². The average molecular weight is 279 g/mol. The number of halogens is 1. The van der Waals surface area contributed by atoms with Gasteiger partial charge in [0, 0.05) is 25.6 Å². The molecule has 3 amide bonds. The van der Waals surface area contributed by atoms with Crippen LogP contribution in [0.3, 0.4) is 0 Å². The molecule has 2 N–H and O–H groups in total. The quantitative estimate of drug-likeness (QED) is 0.759. The van der Waals surface area contributed by atoms with E-state index in [0.29, 0.717) is 5.56 Å². The van der Waals surface area contributed by atoms with E-state index in [0.717, 1.165) is 5.01 Å². The molecule has 1 aliphatic heterocycles. The van der Waals surface area contributed by atoms with Crippen LogP contribution in [-0.2, 0) is 20.9 Å². The molecule has 6 nitrogen and oxygen atoms in total. The van der Waals surface area contributed by atoms with Gasteiger partial charge in [0.05, 0.1) is 0 Å². The molecule has 106 valence electrons. The van der Waals surface area contributed by atoms with E-state index < -0.39 is 29.5 Å². The molecule has 0 spiro atoms. The van der Waals surface area contributed by atoms with Crippen molar-refractivity contribution in [1.82, 2.24) is 15.8 Å². The fraction of sp³-hybridized carbons (Fsp3) is 0.308. The lowest BCUT2D eigenvalue weighted by atomic mass is 10.0. The highest BCUT2D eigenvalue weighted by atomic mass is 19.1. The zero-order valence-electron chi connectivity index (χ0n) is 10.9. The Bertz CT molecular complexity index is 562. The minimum atomic E-state index is -1.01. The summed E-state index contributed by atoms with van der Waals surface area (Å²) in [5.74, 6) is -2.85. The summed E-state index contributed by atoms with van der Waals surface area (Å²) in [5, 5.41) is 3.55. The third-order valence-corrected chi connectivity index (χ3v) is 3.05. The van der Waals surface area contributed by atoms with Crippen molar-refractivity contribution < 1.29 is 18.8 Å². The normalized spacial score (nSPS) is 18.1. The largest absolute Gasteiger partial charge is 0.352 e. The van der Waals surface area contributed by atoms with E-state index in [1.807, 2.05) is 0 Å². The Morgan fingerprint density at radius 1 is 1.40 bits per heavy atom. The van der Waals surface area contributed by atoms with Crippen LogP contribution in [0.25, 0.3) is 0 Å². The predicted octanol–water partition coefficient (Wildman–Crippen LogP) is -0.0486. The zero-order valence-corrected chi connectivity index (χ0v) is 10.9. The van der Waals surface area contributed by atoms with Crippen LogP contribution in [0.5, 0.6) is 0 Å². The number of benzene rings is 1. The van der Waals surface area contributed by atoms with Gasteiger partial charge in [-0.2, -0.15) is 0 Å². The van der Waals surface area contributed by atoms with Crippen LogP contribution in [0.15, 0.2) is 24.3 Å². The maximum Gasteiger partial charge on any atom is 0.253 e. The third kappa shape index (κ3) is 2.93. The molecule has 0 bridgehead atoms. The lowest BCUT2D eigenvalue weighted by Gasteiger charge is -2.08. The second kappa shape index (κ2) is 5.68. The summed E-state index contributed by atoms with van der Waals surface area (Å²) in [4.78, 5) is 34.7. The summed E-state index contributed by atoms with van der Waals surface area (Å²) < 4.78 is 13.3. The molecule has 0 radical (unpaired) electrons. The first-order valence-electron chi connectivity index (χ1n) is 6.07. The van der Waals surface area contributed by atoms with E-state index in [-0.39, 0.29) is 13.0 Å². The maximum absolute atomic E-state index is 13.3. The Morgan fingerprint density at radius 3 is 2.70 bits per heavy atom. The molecule has 1 heterocycles. The van der Waals surface area contributed by atoms with Crippen molar-refractivity contribution in [2.75, 3.05) is 7.05 Å². The van der Waals surface area contributed by atoms with Gasteiger partial charge in [0.25, 0.3) is 11.8 Å². The summed E-state index contributed by atoms with van der Waals surface area (Å²) in [5.41, 5.74) is 2.66. The lowest BCUT2D eigenvalue weighted by Crippen LogP contribution is -2.31. The molecular weight excluding hydrogens is 265 g/mol. The fourth-order valence-corrected chi connectivity index (χ4v) is 1.92. The Kier molecular flexibility index (Phi) is 3.97. The highest BCUT2D eigenvalue weighted by Crippen LogP contribution is 2.13. The van der Waals surface area contributed by atoms with Gasteiger partial charge < -0.3 is 5.32 Å². The standard InChI is InChI=1S/C13H14FN3O3/c1-17-13(20)9(12(19)16-17)6-11(18)15-7-8-4-2-3-5-10(8)14/h2-5,9H,6-7H2,1H3,(H,15,18)(H,16,19). The molecule has 20 heavy (non-hydrogen) atoms. The Hall–Kier alpha value is -2.44. The van der Waals surface area contributed by atoms with Crippen LogP contribution in [0.2, 0.25) is 0 Å². The van der Waals surface area contributed by atoms with Gasteiger partial charge in [0.15, 0.2) is 0 Å². The summed E-state index contributed by atoms with van der Waals surface area (Å²) in [6, 6.07) is 6.06. The molecular formula is C13H14FN3O3. The van der Waals surface area contributed by atoms with Crippen molar-refractivity contribution in [2.24, 2.45) is 5.92 Å². The molecule has 1 saturated heterocycles. The first kappa shape index (κ1) is 14.0. The zero-order chi connectivity index (χ0) is 14.7. The second-order valence-electron chi connectivity index (χ2n) is 4.50. The van der Waals surface area contributed by atoms with E-state index in [9.17, 15) is 18.8 Å². The monoisotopic (exact) mass is 279 g/mol.